The van der Waals surface area contributed by atoms with Crippen molar-refractivity contribution in [2.75, 3.05) is 0 Å². The number of nitrogens with zero attached hydrogens (tertiary/aromatic N) is 2. The summed E-state index contributed by atoms with van der Waals surface area (Å²) in [5, 5.41) is 10.0. The van der Waals surface area contributed by atoms with E-state index in [4.69, 9.17) is 0 Å². The van der Waals surface area contributed by atoms with E-state index >= 15 is 0 Å². The highest BCUT2D eigenvalue weighted by Gasteiger charge is 2.27. The molecule has 0 aliphatic carbocycles. The maximum Gasteiger partial charge on any atom is 0.326 e. The van der Waals surface area contributed by atoms with Crippen molar-refractivity contribution < 1.29 is 14.7 Å². The molecule has 6 heteroatoms. The highest BCUT2D eigenvalue weighted by atomic mass is 32.1. The van der Waals surface area contributed by atoms with Gasteiger partial charge in [0.25, 0.3) is 5.91 Å². The van der Waals surface area contributed by atoms with Gasteiger partial charge in [0, 0.05) is 6.54 Å². The molecule has 1 aromatic carbocycles. The van der Waals surface area contributed by atoms with Crippen molar-refractivity contribution in [2.24, 2.45) is 0 Å². The van der Waals surface area contributed by atoms with E-state index < -0.39 is 12.0 Å². The second-order valence-corrected chi connectivity index (χ2v) is 5.91. The van der Waals surface area contributed by atoms with Gasteiger partial charge in [0.05, 0.1) is 11.2 Å². The molecule has 5 nitrogen and oxygen atoms in total. The Hall–Kier alpha value is -2.21. The molecule has 0 radical (unpaired) electrons. The third-order valence-electron chi connectivity index (χ3n) is 3.11. The predicted octanol–water partition coefficient (Wildman–Crippen LogP) is 2.57. The van der Waals surface area contributed by atoms with Crippen LogP contribution in [-0.2, 0) is 11.3 Å². The molecule has 0 bridgehead atoms. The number of hydrogen-bond donors (Lipinski definition) is 1. The van der Waals surface area contributed by atoms with E-state index in [2.05, 4.69) is 4.98 Å². The van der Waals surface area contributed by atoms with Crippen LogP contribution >= 0.6 is 11.3 Å². The summed E-state index contributed by atoms with van der Waals surface area (Å²) in [7, 11) is 0. The molecular weight excluding hydrogens is 288 g/mol. The molecule has 1 unspecified atom stereocenters. The third-order valence-corrected chi connectivity index (χ3v) is 4.01. The molecule has 2 rings (SSSR count). The second-order valence-electron chi connectivity index (χ2n) is 4.68. The van der Waals surface area contributed by atoms with E-state index in [1.54, 1.807) is 0 Å². The van der Waals surface area contributed by atoms with E-state index in [9.17, 15) is 14.7 Å². The highest BCUT2D eigenvalue weighted by Crippen LogP contribution is 2.18. The number of carboxylic acids is 1. The van der Waals surface area contributed by atoms with Crippen molar-refractivity contribution in [3.05, 3.63) is 52.0 Å². The summed E-state index contributed by atoms with van der Waals surface area (Å²) in [5.74, 6) is -1.33. The fourth-order valence-electron chi connectivity index (χ4n) is 1.90. The maximum absolute atomic E-state index is 12.5. The van der Waals surface area contributed by atoms with Gasteiger partial charge in [-0.1, -0.05) is 30.3 Å². The second kappa shape index (κ2) is 6.49. The maximum atomic E-state index is 12.5. The number of aliphatic carboxylic acids is 1. The number of carbonyl (C=O) groups is 2. The van der Waals surface area contributed by atoms with Crippen molar-refractivity contribution in [3.63, 3.8) is 0 Å². The topological polar surface area (TPSA) is 70.5 Å². The van der Waals surface area contributed by atoms with Gasteiger partial charge in [0.1, 0.15) is 10.9 Å². The SMILES string of the molecule is Cc1ncc(C(=O)N(Cc2ccccc2)C(C)C(=O)O)s1. The first kappa shape index (κ1) is 15.2. The molecule has 1 atom stereocenters. The van der Waals surface area contributed by atoms with Crippen LogP contribution in [0.1, 0.15) is 27.2 Å². The molecule has 21 heavy (non-hydrogen) atoms. The molecule has 2 aromatic rings. The average molecular weight is 304 g/mol. The average Bonchev–Trinajstić information content (AvgIpc) is 2.91. The molecule has 1 N–H and O–H groups in total. The minimum atomic E-state index is -1.03. The molecule has 1 aromatic heterocycles. The van der Waals surface area contributed by atoms with Crippen molar-refractivity contribution in [3.8, 4) is 0 Å². The zero-order valence-electron chi connectivity index (χ0n) is 11.8. The van der Waals surface area contributed by atoms with Gasteiger partial charge < -0.3 is 10.0 Å². The standard InChI is InChI=1S/C15H16N2O3S/c1-10(15(19)20)17(9-12-6-4-3-5-7-12)14(18)13-8-16-11(2)21-13/h3-8,10H,9H2,1-2H3,(H,19,20). The van der Waals surface area contributed by atoms with Gasteiger partial charge in [-0.3, -0.25) is 4.79 Å². The van der Waals surface area contributed by atoms with E-state index in [0.717, 1.165) is 10.6 Å². The van der Waals surface area contributed by atoms with Gasteiger partial charge in [-0.25, -0.2) is 9.78 Å². The Balaban J connectivity index is 2.27. The van der Waals surface area contributed by atoms with Crippen molar-refractivity contribution in [1.29, 1.82) is 0 Å². The number of thiazole rings is 1. The van der Waals surface area contributed by atoms with Gasteiger partial charge in [0.2, 0.25) is 0 Å². The van der Waals surface area contributed by atoms with Crippen molar-refractivity contribution in [2.45, 2.75) is 26.4 Å². The fraction of sp³-hybridized carbons (Fsp3) is 0.267. The van der Waals surface area contributed by atoms with E-state index in [1.807, 2.05) is 37.3 Å². The summed E-state index contributed by atoms with van der Waals surface area (Å²) in [6.07, 6.45) is 1.49. The van der Waals surface area contributed by atoms with Crippen molar-refractivity contribution in [1.82, 2.24) is 9.88 Å². The number of hydrogen-bond acceptors (Lipinski definition) is 4. The molecule has 0 saturated heterocycles. The summed E-state index contributed by atoms with van der Waals surface area (Å²) in [6.45, 7) is 3.57. The third kappa shape index (κ3) is 3.66. The minimum absolute atomic E-state index is 0.254. The lowest BCUT2D eigenvalue weighted by atomic mass is 10.1. The lowest BCUT2D eigenvalue weighted by Gasteiger charge is -2.26. The van der Waals surface area contributed by atoms with Gasteiger partial charge in [-0.2, -0.15) is 0 Å². The zero-order valence-corrected chi connectivity index (χ0v) is 12.6. The fourth-order valence-corrected chi connectivity index (χ4v) is 2.63. The number of carboxylic acid groups (broad SMARTS) is 1. The zero-order chi connectivity index (χ0) is 15.4. The monoisotopic (exact) mass is 304 g/mol. The van der Waals surface area contributed by atoms with Crippen LogP contribution in [0, 0.1) is 6.92 Å². The Labute approximate surface area is 126 Å². The molecule has 1 amide bonds. The molecule has 0 fully saturated rings. The van der Waals surface area contributed by atoms with Crippen molar-refractivity contribution >= 4 is 23.2 Å². The van der Waals surface area contributed by atoms with Gasteiger partial charge in [0.15, 0.2) is 0 Å². The van der Waals surface area contributed by atoms with Crippen LogP contribution in [0.25, 0.3) is 0 Å². The lowest BCUT2D eigenvalue weighted by Crippen LogP contribution is -2.42. The summed E-state index contributed by atoms with van der Waals surface area (Å²) in [6, 6.07) is 8.43. The predicted molar refractivity (Wildman–Crippen MR) is 80.3 cm³/mol. The molecule has 0 saturated carbocycles. The summed E-state index contributed by atoms with van der Waals surface area (Å²) >= 11 is 1.27. The highest BCUT2D eigenvalue weighted by molar-refractivity contribution is 7.13. The quantitative estimate of drug-likeness (QED) is 0.921. The first-order valence-corrected chi connectivity index (χ1v) is 7.31. The summed E-state index contributed by atoms with van der Waals surface area (Å²) in [4.78, 5) is 29.7. The number of aromatic nitrogens is 1. The van der Waals surface area contributed by atoms with Crippen LogP contribution in [0.4, 0.5) is 0 Å². The number of aryl methyl sites for hydroxylation is 1. The Morgan fingerprint density at radius 2 is 2.00 bits per heavy atom. The lowest BCUT2D eigenvalue weighted by molar-refractivity contribution is -0.141. The first-order chi connectivity index (χ1) is 9.99. The van der Waals surface area contributed by atoms with E-state index in [0.29, 0.717) is 4.88 Å². The number of benzene rings is 1. The van der Waals surface area contributed by atoms with Gasteiger partial charge in [-0.05, 0) is 19.4 Å². The smallest absolute Gasteiger partial charge is 0.326 e. The van der Waals surface area contributed by atoms with Crippen LogP contribution in [0.3, 0.4) is 0 Å². The van der Waals surface area contributed by atoms with Gasteiger partial charge >= 0.3 is 5.97 Å². The first-order valence-electron chi connectivity index (χ1n) is 6.49. The molecule has 1 heterocycles. The summed E-state index contributed by atoms with van der Waals surface area (Å²) < 4.78 is 0. The Bertz CT molecular complexity index is 639. The Morgan fingerprint density at radius 1 is 1.33 bits per heavy atom. The number of amides is 1. The molecule has 0 aliphatic rings. The number of rotatable bonds is 5. The molecular formula is C15H16N2O3S. The Kier molecular flexibility index (Phi) is 4.70. The molecule has 0 aliphatic heterocycles. The van der Waals surface area contributed by atoms with Crippen LogP contribution in [0.2, 0.25) is 0 Å². The normalized spacial score (nSPS) is 11.9. The largest absolute Gasteiger partial charge is 0.480 e. The van der Waals surface area contributed by atoms with Crippen LogP contribution in [0.15, 0.2) is 36.5 Å². The number of carbonyl (C=O) groups excluding carboxylic acids is 1. The van der Waals surface area contributed by atoms with E-state index in [-0.39, 0.29) is 12.5 Å². The summed E-state index contributed by atoms with van der Waals surface area (Å²) in [5.41, 5.74) is 0.889. The molecule has 0 spiro atoms. The molecule has 110 valence electrons. The Morgan fingerprint density at radius 3 is 2.52 bits per heavy atom. The van der Waals surface area contributed by atoms with E-state index in [1.165, 1.54) is 29.4 Å². The van der Waals surface area contributed by atoms with Crippen LogP contribution in [-0.4, -0.2) is 32.9 Å². The van der Waals surface area contributed by atoms with Crippen LogP contribution < -0.4 is 0 Å². The van der Waals surface area contributed by atoms with Gasteiger partial charge in [-0.15, -0.1) is 11.3 Å². The minimum Gasteiger partial charge on any atom is -0.480 e. The van der Waals surface area contributed by atoms with Crippen LogP contribution in [0.5, 0.6) is 0 Å².